The second-order valence-corrected chi connectivity index (χ2v) is 8.17. The minimum Gasteiger partial charge on any atom is -0.493 e. The Kier molecular flexibility index (Phi) is 6.65. The number of alkyl halides is 3. The van der Waals surface area contributed by atoms with E-state index in [-0.39, 0.29) is 11.5 Å². The number of ether oxygens (including phenoxy) is 2. The molecule has 3 aromatic carbocycles. The first-order valence-electron chi connectivity index (χ1n) is 10.7. The summed E-state index contributed by atoms with van der Waals surface area (Å²) in [5.41, 5.74) is -0.373. The number of rotatable bonds is 6. The van der Waals surface area contributed by atoms with Crippen molar-refractivity contribution in [3.05, 3.63) is 106 Å². The molecule has 0 amide bonds. The lowest BCUT2D eigenvalue weighted by Crippen LogP contribution is -2.14. The van der Waals surface area contributed by atoms with E-state index in [2.05, 4.69) is 0 Å². The minimum absolute atomic E-state index is 0.129. The van der Waals surface area contributed by atoms with Crippen molar-refractivity contribution in [1.29, 1.82) is 0 Å². The SMILES string of the molecule is COc1cccc(C2CC(c3ccc(F)cc3)C=C2C(=O)c2cc(C(F)(F)F)ccc2F)c1OC. The smallest absolute Gasteiger partial charge is 0.416 e. The number of Topliss-reactive ketones (excluding diaryl/α,β-unsaturated/α-hetero) is 1. The number of hydrogen-bond donors (Lipinski definition) is 0. The van der Waals surface area contributed by atoms with Crippen LogP contribution in [-0.2, 0) is 6.18 Å². The molecule has 0 saturated heterocycles. The molecule has 0 spiro atoms. The normalized spacial score (nSPS) is 17.7. The molecular formula is C27H21F5O3. The summed E-state index contributed by atoms with van der Waals surface area (Å²) in [5.74, 6) is -2.54. The molecule has 2 atom stereocenters. The first kappa shape index (κ1) is 24.4. The molecule has 1 aliphatic carbocycles. The van der Waals surface area contributed by atoms with Crippen molar-refractivity contribution in [2.75, 3.05) is 14.2 Å². The Morgan fingerprint density at radius 2 is 1.66 bits per heavy atom. The summed E-state index contributed by atoms with van der Waals surface area (Å²) in [7, 11) is 2.89. The van der Waals surface area contributed by atoms with Gasteiger partial charge in [-0.2, -0.15) is 13.2 Å². The Bertz CT molecular complexity index is 1280. The van der Waals surface area contributed by atoms with Crippen LogP contribution in [0.15, 0.2) is 72.3 Å². The molecule has 4 rings (SSSR count). The van der Waals surface area contributed by atoms with Crippen LogP contribution in [0.25, 0.3) is 0 Å². The number of allylic oxidation sites excluding steroid dienone is 2. The highest BCUT2D eigenvalue weighted by Gasteiger charge is 2.37. The zero-order valence-corrected chi connectivity index (χ0v) is 18.8. The van der Waals surface area contributed by atoms with Gasteiger partial charge < -0.3 is 9.47 Å². The number of carbonyl (C=O) groups is 1. The van der Waals surface area contributed by atoms with Gasteiger partial charge in [0.2, 0.25) is 0 Å². The number of benzene rings is 3. The molecule has 1 aliphatic rings. The summed E-state index contributed by atoms with van der Waals surface area (Å²) in [6.45, 7) is 0. The summed E-state index contributed by atoms with van der Waals surface area (Å²) in [4.78, 5) is 13.5. The first-order valence-corrected chi connectivity index (χ1v) is 10.7. The highest BCUT2D eigenvalue weighted by Crippen LogP contribution is 2.49. The third-order valence-electron chi connectivity index (χ3n) is 6.15. The summed E-state index contributed by atoms with van der Waals surface area (Å²) in [6.07, 6.45) is -2.78. The second kappa shape index (κ2) is 9.52. The third-order valence-corrected chi connectivity index (χ3v) is 6.15. The maximum absolute atomic E-state index is 14.6. The Morgan fingerprint density at radius 3 is 2.29 bits per heavy atom. The third kappa shape index (κ3) is 4.78. The molecule has 0 saturated carbocycles. The van der Waals surface area contributed by atoms with Gasteiger partial charge in [-0.05, 0) is 48.4 Å². The molecule has 0 bridgehead atoms. The van der Waals surface area contributed by atoms with Gasteiger partial charge in [-0.3, -0.25) is 4.79 Å². The second-order valence-electron chi connectivity index (χ2n) is 8.17. The molecule has 0 aliphatic heterocycles. The van der Waals surface area contributed by atoms with Crippen LogP contribution in [-0.4, -0.2) is 20.0 Å². The Hall–Kier alpha value is -3.68. The maximum Gasteiger partial charge on any atom is 0.416 e. The zero-order valence-electron chi connectivity index (χ0n) is 18.8. The van der Waals surface area contributed by atoms with Gasteiger partial charge in [0.1, 0.15) is 11.6 Å². The monoisotopic (exact) mass is 488 g/mol. The van der Waals surface area contributed by atoms with Crippen molar-refractivity contribution in [1.82, 2.24) is 0 Å². The minimum atomic E-state index is -4.74. The lowest BCUT2D eigenvalue weighted by Gasteiger charge is -2.21. The standard InChI is InChI=1S/C27H21F5O3/c1-34-24-5-3-4-19(26(24)35-2)20-12-16(15-6-9-18(28)10-7-15)13-21(20)25(33)22-14-17(27(30,31)32)8-11-23(22)29/h3-11,13-14,16,20H,12H2,1-2H3. The number of hydrogen-bond acceptors (Lipinski definition) is 3. The van der Waals surface area contributed by atoms with Gasteiger partial charge in [-0.25, -0.2) is 8.78 Å². The quantitative estimate of drug-likeness (QED) is 0.275. The average Bonchev–Trinajstić information content (AvgIpc) is 3.28. The van der Waals surface area contributed by atoms with E-state index in [4.69, 9.17) is 9.47 Å². The van der Waals surface area contributed by atoms with Gasteiger partial charge in [0.15, 0.2) is 17.3 Å². The van der Waals surface area contributed by atoms with Crippen molar-refractivity contribution in [3.8, 4) is 11.5 Å². The van der Waals surface area contributed by atoms with Crippen LogP contribution >= 0.6 is 0 Å². The van der Waals surface area contributed by atoms with Crippen molar-refractivity contribution >= 4 is 5.78 Å². The lowest BCUT2D eigenvalue weighted by molar-refractivity contribution is -0.137. The maximum atomic E-state index is 14.6. The van der Waals surface area contributed by atoms with Crippen LogP contribution in [0.5, 0.6) is 11.5 Å². The first-order chi connectivity index (χ1) is 16.6. The van der Waals surface area contributed by atoms with E-state index < -0.39 is 40.6 Å². The molecule has 3 nitrogen and oxygen atoms in total. The zero-order chi connectivity index (χ0) is 25.3. The van der Waals surface area contributed by atoms with Crippen molar-refractivity contribution in [2.45, 2.75) is 24.4 Å². The van der Waals surface area contributed by atoms with E-state index in [1.54, 1.807) is 36.4 Å². The number of carbonyl (C=O) groups excluding carboxylic acids is 1. The van der Waals surface area contributed by atoms with Crippen molar-refractivity contribution in [3.63, 3.8) is 0 Å². The summed E-state index contributed by atoms with van der Waals surface area (Å²) in [5, 5.41) is 0. The van der Waals surface area contributed by atoms with Gasteiger partial charge in [0, 0.05) is 23.0 Å². The lowest BCUT2D eigenvalue weighted by atomic mass is 9.85. The fourth-order valence-corrected chi connectivity index (χ4v) is 4.47. The summed E-state index contributed by atoms with van der Waals surface area (Å²) < 4.78 is 78.8. The van der Waals surface area contributed by atoms with Crippen molar-refractivity contribution in [2.24, 2.45) is 0 Å². The number of para-hydroxylation sites is 1. The molecule has 0 radical (unpaired) electrons. The summed E-state index contributed by atoms with van der Waals surface area (Å²) >= 11 is 0. The molecule has 0 N–H and O–H groups in total. The van der Waals surface area contributed by atoms with Crippen LogP contribution < -0.4 is 9.47 Å². The highest BCUT2D eigenvalue weighted by atomic mass is 19.4. The van der Waals surface area contributed by atoms with Crippen LogP contribution in [0.4, 0.5) is 22.0 Å². The molecule has 0 fully saturated rings. The van der Waals surface area contributed by atoms with Gasteiger partial charge >= 0.3 is 6.18 Å². The van der Waals surface area contributed by atoms with E-state index >= 15 is 0 Å². The van der Waals surface area contributed by atoms with Crippen LogP contribution in [0.3, 0.4) is 0 Å². The molecular weight excluding hydrogens is 467 g/mol. The van der Waals surface area contributed by atoms with Gasteiger partial charge in [0.25, 0.3) is 0 Å². The molecule has 182 valence electrons. The highest BCUT2D eigenvalue weighted by molar-refractivity contribution is 6.10. The summed E-state index contributed by atoms with van der Waals surface area (Å²) in [6, 6.07) is 12.6. The molecule has 0 heterocycles. The van der Waals surface area contributed by atoms with Crippen molar-refractivity contribution < 1.29 is 36.2 Å². The molecule has 0 aromatic heterocycles. The Morgan fingerprint density at radius 1 is 0.943 bits per heavy atom. The van der Waals surface area contributed by atoms with Gasteiger partial charge in [-0.1, -0.05) is 30.3 Å². The molecule has 35 heavy (non-hydrogen) atoms. The topological polar surface area (TPSA) is 35.5 Å². The van der Waals surface area contributed by atoms with Crippen LogP contribution in [0.2, 0.25) is 0 Å². The fourth-order valence-electron chi connectivity index (χ4n) is 4.47. The van der Waals surface area contributed by atoms with E-state index in [0.29, 0.717) is 47.2 Å². The van der Waals surface area contributed by atoms with E-state index in [0.717, 1.165) is 0 Å². The predicted octanol–water partition coefficient (Wildman–Crippen LogP) is 7.08. The average molecular weight is 488 g/mol. The molecule has 2 unspecified atom stereocenters. The van der Waals surface area contributed by atoms with Crippen LogP contribution in [0.1, 0.15) is 45.3 Å². The van der Waals surface area contributed by atoms with Crippen LogP contribution in [0, 0.1) is 11.6 Å². The number of halogens is 5. The number of methoxy groups -OCH3 is 2. The van der Waals surface area contributed by atoms with Gasteiger partial charge in [-0.15, -0.1) is 0 Å². The predicted molar refractivity (Wildman–Crippen MR) is 120 cm³/mol. The van der Waals surface area contributed by atoms with E-state index in [9.17, 15) is 26.7 Å². The Labute approximate surface area is 198 Å². The number of ketones is 1. The fraction of sp³-hybridized carbons (Fsp3) is 0.222. The van der Waals surface area contributed by atoms with E-state index in [1.807, 2.05) is 0 Å². The van der Waals surface area contributed by atoms with Gasteiger partial charge in [0.05, 0.1) is 25.3 Å². The molecule has 3 aromatic rings. The van der Waals surface area contributed by atoms with E-state index in [1.165, 1.54) is 26.4 Å². The molecule has 8 heteroatoms. The largest absolute Gasteiger partial charge is 0.493 e. The Balaban J connectivity index is 1.84.